The molecule has 4 rings (SSSR count). The summed E-state index contributed by atoms with van der Waals surface area (Å²) in [5.74, 6) is -0.829. The van der Waals surface area contributed by atoms with Crippen molar-refractivity contribution in [2.75, 3.05) is 21.8 Å². The number of para-hydroxylation sites is 2. The van der Waals surface area contributed by atoms with E-state index >= 15 is 0 Å². The molecule has 1 aromatic heterocycles. The zero-order valence-electron chi connectivity index (χ0n) is 19.1. The van der Waals surface area contributed by atoms with Crippen LogP contribution in [-0.2, 0) is 9.59 Å². The SMILES string of the molecule is COc1ccc(N(C(=O)N2C(=O)C(N)C(=O)N(c3cccnc3)c3ccccc32)C(C)C)cc1. The number of nitrogens with two attached hydrogens (primary N) is 1. The van der Waals surface area contributed by atoms with Crippen LogP contribution in [0.4, 0.5) is 27.5 Å². The van der Waals surface area contributed by atoms with Crippen LogP contribution in [0.1, 0.15) is 13.8 Å². The van der Waals surface area contributed by atoms with E-state index in [-0.39, 0.29) is 11.7 Å². The third kappa shape index (κ3) is 3.97. The molecule has 0 saturated carbocycles. The Hall–Kier alpha value is -4.24. The Kier molecular flexibility index (Phi) is 6.29. The minimum atomic E-state index is -1.58. The number of methoxy groups -OCH3 is 1. The average Bonchev–Trinajstić information content (AvgIpc) is 2.93. The van der Waals surface area contributed by atoms with Crippen molar-refractivity contribution in [2.24, 2.45) is 5.73 Å². The number of rotatable bonds is 4. The second-order valence-corrected chi connectivity index (χ2v) is 7.97. The van der Waals surface area contributed by atoms with Gasteiger partial charge in [-0.1, -0.05) is 12.1 Å². The Bertz CT molecular complexity index is 1210. The molecule has 34 heavy (non-hydrogen) atoms. The number of benzene rings is 2. The fourth-order valence-corrected chi connectivity index (χ4v) is 3.89. The van der Waals surface area contributed by atoms with Gasteiger partial charge in [0.15, 0.2) is 6.04 Å². The number of ether oxygens (including phenoxy) is 1. The molecule has 4 amide bonds. The quantitative estimate of drug-likeness (QED) is 0.599. The number of aromatic nitrogens is 1. The third-order valence-corrected chi connectivity index (χ3v) is 5.50. The third-order valence-electron chi connectivity index (χ3n) is 5.50. The minimum absolute atomic E-state index is 0.252. The number of carbonyl (C=O) groups is 3. The first-order valence-electron chi connectivity index (χ1n) is 10.7. The molecule has 0 aliphatic carbocycles. The fourth-order valence-electron chi connectivity index (χ4n) is 3.89. The molecule has 9 nitrogen and oxygen atoms in total. The molecule has 0 fully saturated rings. The standard InChI is InChI=1S/C25H25N5O4/c1-16(2)28(17-10-12-19(34-3)13-11-17)25(33)30-21-9-5-4-8-20(21)29(18-7-6-14-27-15-18)23(31)22(26)24(30)32/h4-16,22H,26H2,1-3H3. The Morgan fingerprint density at radius 3 is 2.26 bits per heavy atom. The van der Waals surface area contributed by atoms with Gasteiger partial charge in [-0.3, -0.25) is 24.4 Å². The van der Waals surface area contributed by atoms with Gasteiger partial charge in [0.1, 0.15) is 5.75 Å². The van der Waals surface area contributed by atoms with Gasteiger partial charge in [-0.2, -0.15) is 0 Å². The number of anilines is 4. The average molecular weight is 460 g/mol. The van der Waals surface area contributed by atoms with Gasteiger partial charge in [0.25, 0.3) is 11.8 Å². The van der Waals surface area contributed by atoms with Crippen molar-refractivity contribution in [1.82, 2.24) is 4.98 Å². The summed E-state index contributed by atoms with van der Waals surface area (Å²) in [6, 6.07) is 14.5. The monoisotopic (exact) mass is 459 g/mol. The molecule has 9 heteroatoms. The maximum absolute atomic E-state index is 13.9. The molecular weight excluding hydrogens is 434 g/mol. The summed E-state index contributed by atoms with van der Waals surface area (Å²) in [5.41, 5.74) is 7.73. The van der Waals surface area contributed by atoms with Gasteiger partial charge in [0, 0.05) is 17.9 Å². The summed E-state index contributed by atoms with van der Waals surface area (Å²) in [7, 11) is 1.56. The van der Waals surface area contributed by atoms with Gasteiger partial charge in [-0.15, -0.1) is 0 Å². The molecular formula is C25H25N5O4. The van der Waals surface area contributed by atoms with E-state index in [9.17, 15) is 14.4 Å². The number of fused-ring (bicyclic) bond motifs is 1. The van der Waals surface area contributed by atoms with Crippen LogP contribution in [0.2, 0.25) is 0 Å². The van der Waals surface area contributed by atoms with Crippen molar-refractivity contribution in [3.63, 3.8) is 0 Å². The zero-order valence-corrected chi connectivity index (χ0v) is 19.1. The Labute approximate surface area is 197 Å². The van der Waals surface area contributed by atoms with Crippen LogP contribution >= 0.6 is 0 Å². The minimum Gasteiger partial charge on any atom is -0.497 e. The van der Waals surface area contributed by atoms with E-state index in [1.54, 1.807) is 74.0 Å². The molecule has 2 heterocycles. The van der Waals surface area contributed by atoms with Gasteiger partial charge >= 0.3 is 6.03 Å². The van der Waals surface area contributed by atoms with Crippen molar-refractivity contribution in [3.8, 4) is 5.75 Å². The smallest absolute Gasteiger partial charge is 0.336 e. The number of pyridine rings is 1. The molecule has 1 aliphatic rings. The van der Waals surface area contributed by atoms with E-state index in [1.165, 1.54) is 16.0 Å². The predicted octanol–water partition coefficient (Wildman–Crippen LogP) is 3.46. The van der Waals surface area contributed by atoms with Gasteiger partial charge in [0.05, 0.1) is 30.4 Å². The molecule has 1 unspecified atom stereocenters. The lowest BCUT2D eigenvalue weighted by atomic mass is 10.2. The van der Waals surface area contributed by atoms with Gasteiger partial charge in [-0.05, 0) is 62.4 Å². The fraction of sp³-hybridized carbons (Fsp3) is 0.200. The Morgan fingerprint density at radius 1 is 1.00 bits per heavy atom. The summed E-state index contributed by atoms with van der Waals surface area (Å²) in [6.45, 7) is 3.67. The van der Waals surface area contributed by atoms with E-state index in [1.807, 2.05) is 13.8 Å². The predicted molar refractivity (Wildman–Crippen MR) is 129 cm³/mol. The first-order valence-corrected chi connectivity index (χ1v) is 10.7. The first-order chi connectivity index (χ1) is 16.3. The largest absolute Gasteiger partial charge is 0.497 e. The van der Waals surface area contributed by atoms with Crippen molar-refractivity contribution in [3.05, 3.63) is 73.1 Å². The van der Waals surface area contributed by atoms with Crippen molar-refractivity contribution < 1.29 is 19.1 Å². The summed E-state index contributed by atoms with van der Waals surface area (Å²) in [5, 5.41) is 0. The van der Waals surface area contributed by atoms with Crippen LogP contribution in [0, 0.1) is 0 Å². The number of imide groups is 1. The van der Waals surface area contributed by atoms with Gasteiger partial charge in [0.2, 0.25) is 0 Å². The normalized spacial score (nSPS) is 15.7. The van der Waals surface area contributed by atoms with Crippen molar-refractivity contribution in [2.45, 2.75) is 25.9 Å². The molecule has 0 bridgehead atoms. The zero-order chi connectivity index (χ0) is 24.4. The lowest BCUT2D eigenvalue weighted by Crippen LogP contribution is -2.56. The Morgan fingerprint density at radius 2 is 1.68 bits per heavy atom. The summed E-state index contributed by atoms with van der Waals surface area (Å²) < 4.78 is 5.21. The number of carbonyl (C=O) groups excluding carboxylic acids is 3. The Balaban J connectivity index is 1.86. The van der Waals surface area contributed by atoms with Crippen molar-refractivity contribution in [1.29, 1.82) is 0 Å². The second-order valence-electron chi connectivity index (χ2n) is 7.97. The maximum atomic E-state index is 13.9. The molecule has 1 aliphatic heterocycles. The highest BCUT2D eigenvalue weighted by Gasteiger charge is 2.43. The molecule has 174 valence electrons. The number of hydrogen-bond donors (Lipinski definition) is 1. The number of hydrogen-bond acceptors (Lipinski definition) is 6. The molecule has 2 aromatic carbocycles. The van der Waals surface area contributed by atoms with Crippen LogP contribution in [0.25, 0.3) is 0 Å². The molecule has 2 N–H and O–H groups in total. The lowest BCUT2D eigenvalue weighted by Gasteiger charge is -2.32. The molecule has 0 radical (unpaired) electrons. The number of nitrogens with zero attached hydrogens (tertiary/aromatic N) is 4. The van der Waals surface area contributed by atoms with E-state index in [2.05, 4.69) is 4.98 Å². The van der Waals surface area contributed by atoms with Crippen LogP contribution < -0.4 is 25.2 Å². The molecule has 1 atom stereocenters. The highest BCUT2D eigenvalue weighted by Crippen LogP contribution is 2.38. The van der Waals surface area contributed by atoms with Gasteiger partial charge < -0.3 is 10.5 Å². The highest BCUT2D eigenvalue weighted by atomic mass is 16.5. The highest BCUT2D eigenvalue weighted by molar-refractivity contribution is 6.31. The number of amides is 4. The van der Waals surface area contributed by atoms with Crippen LogP contribution in [0.5, 0.6) is 5.75 Å². The van der Waals surface area contributed by atoms with E-state index < -0.39 is 23.9 Å². The first kappa shape index (κ1) is 22.9. The van der Waals surface area contributed by atoms with E-state index in [0.29, 0.717) is 22.8 Å². The second kappa shape index (κ2) is 9.32. The summed E-state index contributed by atoms with van der Waals surface area (Å²) in [6.07, 6.45) is 3.08. The maximum Gasteiger partial charge on any atom is 0.336 e. The number of urea groups is 1. The van der Waals surface area contributed by atoms with E-state index in [4.69, 9.17) is 10.5 Å². The van der Waals surface area contributed by atoms with Crippen LogP contribution in [0.3, 0.4) is 0 Å². The summed E-state index contributed by atoms with van der Waals surface area (Å²) in [4.78, 5) is 48.6. The van der Waals surface area contributed by atoms with Crippen LogP contribution in [0.15, 0.2) is 73.1 Å². The van der Waals surface area contributed by atoms with E-state index in [0.717, 1.165) is 4.90 Å². The lowest BCUT2D eigenvalue weighted by molar-refractivity contribution is -0.127. The van der Waals surface area contributed by atoms with Gasteiger partial charge in [-0.25, -0.2) is 9.69 Å². The van der Waals surface area contributed by atoms with Crippen molar-refractivity contribution >= 4 is 40.6 Å². The van der Waals surface area contributed by atoms with Crippen LogP contribution in [-0.4, -0.2) is 42.0 Å². The summed E-state index contributed by atoms with van der Waals surface area (Å²) >= 11 is 0. The molecule has 0 saturated heterocycles. The molecule has 0 spiro atoms. The molecule has 3 aromatic rings. The topological polar surface area (TPSA) is 109 Å².